The molecule has 3 heterocycles. The fraction of sp³-hybridized carbons (Fsp3) is 0.700. The third-order valence-electron chi connectivity index (χ3n) is 5.92. The van der Waals surface area contributed by atoms with Crippen LogP contribution in [0.25, 0.3) is 0 Å². The standard InChI is InChI=1S/C20H28O7/c1-5-11(2)17(22)25-10-13-16-14(21)8-12(3)20(24)7-6-19(4,27-20)9-15(16)26-18(13)23/h9,11-12,14,21,24H,5-8,10H2,1-4H3/b15-9+/t11?,12-,14+,19-,20-/m1/s1. The van der Waals surface area contributed by atoms with Gasteiger partial charge in [0.2, 0.25) is 0 Å². The number of hydrogen-bond donors (Lipinski definition) is 2. The zero-order chi connectivity index (χ0) is 20.0. The van der Waals surface area contributed by atoms with Gasteiger partial charge in [0.05, 0.1) is 23.2 Å². The highest BCUT2D eigenvalue weighted by atomic mass is 16.6. The Morgan fingerprint density at radius 2 is 2.15 bits per heavy atom. The molecule has 3 rings (SSSR count). The smallest absolute Gasteiger partial charge is 0.343 e. The van der Waals surface area contributed by atoms with Crippen LogP contribution in [-0.2, 0) is 23.8 Å². The van der Waals surface area contributed by atoms with Gasteiger partial charge in [0.25, 0.3) is 0 Å². The van der Waals surface area contributed by atoms with Crippen LogP contribution >= 0.6 is 0 Å². The molecule has 0 aromatic rings. The number of ether oxygens (including phenoxy) is 3. The molecule has 0 aromatic heterocycles. The Morgan fingerprint density at radius 1 is 1.44 bits per heavy atom. The summed E-state index contributed by atoms with van der Waals surface area (Å²) in [4.78, 5) is 24.4. The second-order valence-corrected chi connectivity index (χ2v) is 8.12. The van der Waals surface area contributed by atoms with Gasteiger partial charge in [-0.05, 0) is 32.3 Å². The molecule has 0 spiro atoms. The largest absolute Gasteiger partial charge is 0.460 e. The maximum absolute atomic E-state index is 12.4. The van der Waals surface area contributed by atoms with E-state index < -0.39 is 29.4 Å². The predicted molar refractivity (Wildman–Crippen MR) is 95.1 cm³/mol. The highest BCUT2D eigenvalue weighted by molar-refractivity contribution is 5.95. The van der Waals surface area contributed by atoms with Crippen LogP contribution in [0.5, 0.6) is 0 Å². The molecular formula is C20H28O7. The first-order valence-electron chi connectivity index (χ1n) is 9.54. The quantitative estimate of drug-likeness (QED) is 0.719. The zero-order valence-corrected chi connectivity index (χ0v) is 16.3. The van der Waals surface area contributed by atoms with Crippen molar-refractivity contribution in [1.82, 2.24) is 0 Å². The van der Waals surface area contributed by atoms with Gasteiger partial charge in [-0.2, -0.15) is 0 Å². The lowest BCUT2D eigenvalue weighted by Gasteiger charge is -2.32. The van der Waals surface area contributed by atoms with Crippen molar-refractivity contribution in [3.05, 3.63) is 23.0 Å². The number of carbonyl (C=O) groups excluding carboxylic acids is 2. The van der Waals surface area contributed by atoms with Crippen LogP contribution in [0.1, 0.15) is 53.4 Å². The van der Waals surface area contributed by atoms with Gasteiger partial charge in [0, 0.05) is 17.9 Å². The van der Waals surface area contributed by atoms with Crippen molar-refractivity contribution in [1.29, 1.82) is 0 Å². The monoisotopic (exact) mass is 380 g/mol. The molecule has 3 aliphatic rings. The molecule has 150 valence electrons. The SMILES string of the molecule is CCC(C)C(=O)OCC1=C2/C(=C\[C@@]3(C)CC[C@@](O)(O3)[C@H](C)C[C@@H]2O)OC1=O. The average Bonchev–Trinajstić information content (AvgIpc) is 3.08. The fourth-order valence-electron chi connectivity index (χ4n) is 3.83. The van der Waals surface area contributed by atoms with Crippen molar-refractivity contribution in [2.24, 2.45) is 11.8 Å². The number of rotatable bonds is 4. The molecule has 27 heavy (non-hydrogen) atoms. The van der Waals surface area contributed by atoms with Crippen molar-refractivity contribution in [2.75, 3.05) is 6.61 Å². The van der Waals surface area contributed by atoms with Crippen LogP contribution in [0.4, 0.5) is 0 Å². The number of fused-ring (bicyclic) bond motifs is 3. The second kappa shape index (κ2) is 7.04. The lowest BCUT2D eigenvalue weighted by Crippen LogP contribution is -2.39. The normalized spacial score (nSPS) is 38.9. The lowest BCUT2D eigenvalue weighted by atomic mass is 9.86. The third kappa shape index (κ3) is 3.68. The second-order valence-electron chi connectivity index (χ2n) is 8.12. The molecule has 0 amide bonds. The number of hydrogen-bond acceptors (Lipinski definition) is 7. The zero-order valence-electron chi connectivity index (χ0n) is 16.3. The van der Waals surface area contributed by atoms with Crippen LogP contribution in [0.15, 0.2) is 23.0 Å². The van der Waals surface area contributed by atoms with E-state index in [4.69, 9.17) is 14.2 Å². The molecule has 3 aliphatic heterocycles. The van der Waals surface area contributed by atoms with Gasteiger partial charge in [-0.25, -0.2) is 4.79 Å². The Hall–Kier alpha value is -1.70. The van der Waals surface area contributed by atoms with E-state index in [9.17, 15) is 19.8 Å². The summed E-state index contributed by atoms with van der Waals surface area (Å²) in [5, 5.41) is 21.6. The first-order valence-corrected chi connectivity index (χ1v) is 9.54. The average molecular weight is 380 g/mol. The maximum Gasteiger partial charge on any atom is 0.343 e. The molecule has 7 nitrogen and oxygen atoms in total. The van der Waals surface area contributed by atoms with E-state index in [1.807, 2.05) is 13.8 Å². The minimum absolute atomic E-state index is 0.144. The molecule has 1 unspecified atom stereocenters. The Morgan fingerprint density at radius 3 is 2.81 bits per heavy atom. The summed E-state index contributed by atoms with van der Waals surface area (Å²) in [5.41, 5.74) is -0.340. The van der Waals surface area contributed by atoms with Crippen molar-refractivity contribution < 1.29 is 34.0 Å². The molecule has 5 atom stereocenters. The summed E-state index contributed by atoms with van der Waals surface area (Å²) in [6.07, 6.45) is 2.44. The Bertz CT molecular complexity index is 709. The van der Waals surface area contributed by atoms with Crippen LogP contribution in [0.3, 0.4) is 0 Å². The van der Waals surface area contributed by atoms with Crippen LogP contribution in [-0.4, -0.2) is 46.3 Å². The van der Waals surface area contributed by atoms with Gasteiger partial charge in [-0.1, -0.05) is 20.8 Å². The van der Waals surface area contributed by atoms with Crippen molar-refractivity contribution >= 4 is 11.9 Å². The summed E-state index contributed by atoms with van der Waals surface area (Å²) in [6, 6.07) is 0. The molecule has 0 saturated carbocycles. The van der Waals surface area contributed by atoms with E-state index in [2.05, 4.69) is 0 Å². The molecule has 2 bridgehead atoms. The van der Waals surface area contributed by atoms with Crippen molar-refractivity contribution in [2.45, 2.75) is 70.9 Å². The number of carbonyl (C=O) groups is 2. The number of esters is 2. The molecule has 1 saturated heterocycles. The minimum atomic E-state index is -1.33. The Balaban J connectivity index is 1.95. The van der Waals surface area contributed by atoms with Crippen LogP contribution < -0.4 is 0 Å². The molecule has 0 aromatic carbocycles. The summed E-state index contributed by atoms with van der Waals surface area (Å²) in [5.74, 6) is -2.76. The van der Waals surface area contributed by atoms with Gasteiger partial charge in [0.15, 0.2) is 5.79 Å². The van der Waals surface area contributed by atoms with Crippen LogP contribution in [0, 0.1) is 11.8 Å². The molecular weight excluding hydrogens is 352 g/mol. The summed E-state index contributed by atoms with van der Waals surface area (Å²) in [7, 11) is 0. The van der Waals surface area contributed by atoms with Gasteiger partial charge in [-0.15, -0.1) is 0 Å². The minimum Gasteiger partial charge on any atom is -0.460 e. The third-order valence-corrected chi connectivity index (χ3v) is 5.92. The fourth-order valence-corrected chi connectivity index (χ4v) is 3.83. The highest BCUT2D eigenvalue weighted by Crippen LogP contribution is 2.47. The molecule has 2 N–H and O–H groups in total. The first kappa shape index (κ1) is 20.0. The first-order chi connectivity index (χ1) is 12.6. The summed E-state index contributed by atoms with van der Waals surface area (Å²) >= 11 is 0. The highest BCUT2D eigenvalue weighted by Gasteiger charge is 2.51. The number of aliphatic hydroxyl groups is 2. The van der Waals surface area contributed by atoms with E-state index in [0.717, 1.165) is 0 Å². The molecule has 0 radical (unpaired) electrons. The number of aliphatic hydroxyl groups excluding tert-OH is 1. The topological polar surface area (TPSA) is 102 Å². The molecule has 7 heteroatoms. The molecule has 0 aliphatic carbocycles. The summed E-state index contributed by atoms with van der Waals surface area (Å²) in [6.45, 7) is 7.00. The van der Waals surface area contributed by atoms with Crippen molar-refractivity contribution in [3.63, 3.8) is 0 Å². The Labute approximate surface area is 159 Å². The van der Waals surface area contributed by atoms with E-state index in [1.54, 1.807) is 19.9 Å². The van der Waals surface area contributed by atoms with E-state index in [-0.39, 0.29) is 36.2 Å². The maximum atomic E-state index is 12.4. The van der Waals surface area contributed by atoms with Gasteiger partial charge in [0.1, 0.15) is 12.4 Å². The lowest BCUT2D eigenvalue weighted by molar-refractivity contribution is -0.238. The van der Waals surface area contributed by atoms with E-state index >= 15 is 0 Å². The van der Waals surface area contributed by atoms with E-state index in [1.165, 1.54) is 0 Å². The van der Waals surface area contributed by atoms with Crippen LogP contribution in [0.2, 0.25) is 0 Å². The van der Waals surface area contributed by atoms with Gasteiger partial charge in [-0.3, -0.25) is 4.79 Å². The Kier molecular flexibility index (Phi) is 5.22. The predicted octanol–water partition coefficient (Wildman–Crippen LogP) is 1.97. The van der Waals surface area contributed by atoms with Gasteiger partial charge < -0.3 is 24.4 Å². The van der Waals surface area contributed by atoms with E-state index in [0.29, 0.717) is 24.8 Å². The van der Waals surface area contributed by atoms with Gasteiger partial charge >= 0.3 is 11.9 Å². The molecule has 1 fully saturated rings. The van der Waals surface area contributed by atoms with Crippen molar-refractivity contribution in [3.8, 4) is 0 Å². The summed E-state index contributed by atoms with van der Waals surface area (Å²) < 4.78 is 16.6.